The topological polar surface area (TPSA) is 0 Å². The van der Waals surface area contributed by atoms with Gasteiger partial charge in [0.05, 0.1) is 0 Å². The van der Waals surface area contributed by atoms with Crippen molar-refractivity contribution in [2.24, 2.45) is 0 Å². The molecule has 0 radical (unpaired) electrons. The van der Waals surface area contributed by atoms with E-state index < -0.39 is 0 Å². The fourth-order valence-electron chi connectivity index (χ4n) is 1.32. The smallest absolute Gasteiger partial charge is 0.0283 e. The number of hydrogen-bond acceptors (Lipinski definition) is 0. The summed E-state index contributed by atoms with van der Waals surface area (Å²) in [4.78, 5) is 0. The molecule has 0 unspecified atom stereocenters. The first kappa shape index (κ1) is 10.9. The average Bonchev–Trinajstić information content (AvgIpc) is 2.17. The number of benzene rings is 2. The van der Waals surface area contributed by atoms with Gasteiger partial charge >= 0.3 is 0 Å². The molecule has 0 aliphatic carbocycles. The summed E-state index contributed by atoms with van der Waals surface area (Å²) >= 11 is 3.44. The van der Waals surface area contributed by atoms with Gasteiger partial charge in [-0.15, -0.1) is 0 Å². The summed E-state index contributed by atoms with van der Waals surface area (Å²) in [6.07, 6.45) is 0. The molecule has 0 aliphatic heterocycles. The van der Waals surface area contributed by atoms with E-state index in [9.17, 15) is 0 Å². The molecule has 0 spiro atoms. The van der Waals surface area contributed by atoms with Gasteiger partial charge in [0.1, 0.15) is 0 Å². The Morgan fingerprint density at radius 3 is 2.31 bits per heavy atom. The fraction of sp³-hybridized carbons (Fsp3) is 0.0909. The van der Waals surface area contributed by atoms with Crippen LogP contribution in [0.5, 0.6) is 0 Å². The largest absolute Gasteiger partial charge is 0.0876 e. The molecule has 0 aliphatic rings. The van der Waals surface area contributed by atoms with Crippen LogP contribution in [0.1, 0.15) is 5.56 Å². The van der Waals surface area contributed by atoms with Gasteiger partial charge in [-0.05, 0) is 16.3 Å². The second-order valence-corrected chi connectivity index (χ2v) is 3.38. The van der Waals surface area contributed by atoms with Crippen LogP contribution in [-0.4, -0.2) is 0 Å². The summed E-state index contributed by atoms with van der Waals surface area (Å²) in [7, 11) is 0. The zero-order chi connectivity index (χ0) is 8.39. The minimum atomic E-state index is 0. The van der Waals surface area contributed by atoms with Gasteiger partial charge in [0, 0.05) is 24.8 Å². The molecule has 0 saturated carbocycles. The first-order chi connectivity index (χ1) is 5.90. The molecule has 0 fully saturated rings. The van der Waals surface area contributed by atoms with Crippen LogP contribution in [0.4, 0.5) is 0 Å². The van der Waals surface area contributed by atoms with E-state index in [2.05, 4.69) is 58.4 Å². The Hall–Kier alpha value is -0.197. The maximum atomic E-state index is 3.44. The molecule has 0 nitrogen and oxygen atoms in total. The molecule has 2 aromatic rings. The second-order valence-electron chi connectivity index (χ2n) is 2.82. The first-order valence-corrected chi connectivity index (χ1v) is 5.06. The van der Waals surface area contributed by atoms with Gasteiger partial charge < -0.3 is 0 Å². The molecular weight excluding hydrogens is 277 g/mol. The molecule has 0 heterocycles. The first-order valence-electron chi connectivity index (χ1n) is 3.94. The van der Waals surface area contributed by atoms with E-state index in [1.165, 1.54) is 16.3 Å². The van der Waals surface area contributed by atoms with Crippen molar-refractivity contribution in [3.63, 3.8) is 0 Å². The molecule has 2 aromatic carbocycles. The Morgan fingerprint density at radius 1 is 0.923 bits per heavy atom. The molecule has 2 rings (SSSR count). The Kier molecular flexibility index (Phi) is 4.08. The molecule has 0 amide bonds. The van der Waals surface area contributed by atoms with Crippen molar-refractivity contribution < 1.29 is 19.5 Å². The number of fused-ring (bicyclic) bond motifs is 1. The summed E-state index contributed by atoms with van der Waals surface area (Å²) in [6.45, 7) is 0. The monoisotopic (exact) mass is 284 g/mol. The molecule has 13 heavy (non-hydrogen) atoms. The van der Waals surface area contributed by atoms with Gasteiger partial charge in [-0.1, -0.05) is 58.4 Å². The van der Waals surface area contributed by atoms with Crippen molar-refractivity contribution in [2.45, 2.75) is 5.33 Å². The average molecular weight is 286 g/mol. The van der Waals surface area contributed by atoms with Gasteiger partial charge in [-0.2, -0.15) is 0 Å². The summed E-state index contributed by atoms with van der Waals surface area (Å²) < 4.78 is 0. The van der Waals surface area contributed by atoms with Crippen molar-refractivity contribution in [3.8, 4) is 0 Å². The quantitative estimate of drug-likeness (QED) is 0.553. The van der Waals surface area contributed by atoms with E-state index in [-0.39, 0.29) is 19.5 Å². The molecule has 2 heteroatoms. The predicted molar refractivity (Wildman–Crippen MR) is 56.6 cm³/mol. The zero-order valence-corrected chi connectivity index (χ0v) is 11.9. The van der Waals surface area contributed by atoms with E-state index >= 15 is 0 Å². The van der Waals surface area contributed by atoms with E-state index in [1.807, 2.05) is 0 Å². The van der Waals surface area contributed by atoms with E-state index in [4.69, 9.17) is 0 Å². The second kappa shape index (κ2) is 4.88. The number of alkyl halides is 1. The minimum Gasteiger partial charge on any atom is -0.0876 e. The van der Waals surface area contributed by atoms with Crippen molar-refractivity contribution in [2.75, 3.05) is 0 Å². The van der Waals surface area contributed by atoms with Crippen LogP contribution in [-0.2, 0) is 24.8 Å². The minimum absolute atomic E-state index is 0. The van der Waals surface area contributed by atoms with Crippen LogP contribution in [0.25, 0.3) is 10.8 Å². The third-order valence-corrected chi connectivity index (χ3v) is 2.62. The molecular formula is C11H9BrZn. The van der Waals surface area contributed by atoms with Crippen LogP contribution in [0.15, 0.2) is 42.5 Å². The molecule has 62 valence electrons. The van der Waals surface area contributed by atoms with Gasteiger partial charge in [0.25, 0.3) is 0 Å². The maximum Gasteiger partial charge on any atom is 0.0283 e. The van der Waals surface area contributed by atoms with Crippen LogP contribution in [0.2, 0.25) is 0 Å². The summed E-state index contributed by atoms with van der Waals surface area (Å²) in [5, 5.41) is 3.55. The van der Waals surface area contributed by atoms with E-state index in [0.717, 1.165) is 5.33 Å². The maximum absolute atomic E-state index is 3.44. The van der Waals surface area contributed by atoms with Gasteiger partial charge in [-0.3, -0.25) is 0 Å². The Labute approximate surface area is 99.2 Å². The van der Waals surface area contributed by atoms with Crippen LogP contribution in [0.3, 0.4) is 0 Å². The standard InChI is InChI=1S/C11H9Br.Zn/c12-8-9-5-6-10-3-1-2-4-11(10)7-9;/h1-7H,8H2;. The molecule has 0 saturated heterocycles. The number of rotatable bonds is 1. The molecule has 0 N–H and O–H groups in total. The van der Waals surface area contributed by atoms with Gasteiger partial charge in [0.2, 0.25) is 0 Å². The van der Waals surface area contributed by atoms with E-state index in [0.29, 0.717) is 0 Å². The zero-order valence-electron chi connectivity index (χ0n) is 7.33. The molecule has 0 bridgehead atoms. The third-order valence-electron chi connectivity index (χ3n) is 1.97. The molecule has 0 atom stereocenters. The van der Waals surface area contributed by atoms with E-state index in [1.54, 1.807) is 0 Å². The summed E-state index contributed by atoms with van der Waals surface area (Å²) in [6, 6.07) is 14.9. The van der Waals surface area contributed by atoms with Crippen molar-refractivity contribution in [1.29, 1.82) is 0 Å². The Morgan fingerprint density at radius 2 is 1.62 bits per heavy atom. The van der Waals surface area contributed by atoms with Crippen LogP contribution in [0, 0.1) is 0 Å². The Bertz CT molecular complexity index is 398. The van der Waals surface area contributed by atoms with Crippen LogP contribution >= 0.6 is 15.9 Å². The number of hydrogen-bond donors (Lipinski definition) is 0. The van der Waals surface area contributed by atoms with Gasteiger partial charge in [-0.25, -0.2) is 0 Å². The SMILES string of the molecule is BrCc1ccc2ccccc2c1.[Zn]. The third kappa shape index (κ3) is 2.39. The molecule has 0 aromatic heterocycles. The van der Waals surface area contributed by atoms with Gasteiger partial charge in [0.15, 0.2) is 0 Å². The van der Waals surface area contributed by atoms with Crippen molar-refractivity contribution >= 4 is 26.7 Å². The summed E-state index contributed by atoms with van der Waals surface area (Å²) in [5.74, 6) is 0. The van der Waals surface area contributed by atoms with Crippen LogP contribution < -0.4 is 0 Å². The normalized spacial score (nSPS) is 9.62. The summed E-state index contributed by atoms with van der Waals surface area (Å²) in [5.41, 5.74) is 1.33. The van der Waals surface area contributed by atoms with Crippen molar-refractivity contribution in [1.82, 2.24) is 0 Å². The fourth-order valence-corrected chi connectivity index (χ4v) is 1.67. The van der Waals surface area contributed by atoms with Crippen molar-refractivity contribution in [3.05, 3.63) is 48.0 Å². The number of halogens is 1. The Balaban J connectivity index is 0.000000845. The predicted octanol–water partition coefficient (Wildman–Crippen LogP) is 3.73.